The van der Waals surface area contributed by atoms with Crippen molar-refractivity contribution in [3.8, 4) is 0 Å². The van der Waals surface area contributed by atoms with E-state index in [2.05, 4.69) is 27.9 Å². The number of hydrogen-bond donors (Lipinski definition) is 3. The average Bonchev–Trinajstić information content (AvgIpc) is 3.28. The van der Waals surface area contributed by atoms with Gasteiger partial charge in [0, 0.05) is 41.2 Å². The third-order valence-electron chi connectivity index (χ3n) is 15.7. The Labute approximate surface area is 423 Å². The third kappa shape index (κ3) is 9.30. The molecule has 0 unspecified atom stereocenters. The molecule has 0 aromatic heterocycles. The van der Waals surface area contributed by atoms with Gasteiger partial charge in [0.2, 0.25) is 0 Å². The van der Waals surface area contributed by atoms with Crippen molar-refractivity contribution in [1.29, 1.82) is 0 Å². The lowest BCUT2D eigenvalue weighted by molar-refractivity contribution is -0.346. The van der Waals surface area contributed by atoms with Crippen LogP contribution in [0, 0.1) is 20.3 Å². The highest BCUT2D eigenvalue weighted by Gasteiger charge is 2.78. The fraction of sp³-hybridized carbons (Fsp3) is 0.509. The number of amides is 1. The molecule has 17 heteroatoms. The number of benzene rings is 3. The molecule has 1 aliphatic heterocycles. The van der Waals surface area contributed by atoms with Crippen molar-refractivity contribution in [2.24, 2.45) is 16.7 Å². The molecule has 1 saturated heterocycles. The van der Waals surface area contributed by atoms with Crippen LogP contribution < -0.4 is 5.32 Å². The Kier molecular flexibility index (Phi) is 14.6. The van der Waals surface area contributed by atoms with Crippen LogP contribution in [0.15, 0.2) is 96.1 Å². The maximum absolute atomic E-state index is 15.8. The van der Waals surface area contributed by atoms with Crippen molar-refractivity contribution in [2.45, 2.75) is 147 Å². The molecule has 3 aromatic rings. The Morgan fingerprint density at radius 1 is 0.871 bits per heavy atom. The van der Waals surface area contributed by atoms with Crippen LogP contribution in [0.5, 0.6) is 0 Å². The van der Waals surface area contributed by atoms with Crippen LogP contribution in [-0.4, -0.2) is 109 Å². The molecule has 2 saturated carbocycles. The number of fused-ring (bicyclic) bond motifs is 5. The Balaban J connectivity index is 1.45. The van der Waals surface area contributed by atoms with E-state index in [4.69, 9.17) is 28.1 Å². The van der Waals surface area contributed by atoms with Gasteiger partial charge >= 0.3 is 23.9 Å². The summed E-state index contributed by atoms with van der Waals surface area (Å²) in [5.74, 6) is -6.33. The first-order valence-electron chi connectivity index (χ1n) is 23.5. The first kappa shape index (κ1) is 53.0. The Hall–Kier alpha value is -4.79. The number of halogens is 1. The number of carbonyl (C=O) groups is 6. The number of rotatable bonds is 12. The Morgan fingerprint density at radius 2 is 1.49 bits per heavy atom. The highest BCUT2D eigenvalue weighted by atomic mass is 127. The fourth-order valence-corrected chi connectivity index (χ4v) is 12.6. The van der Waals surface area contributed by atoms with Gasteiger partial charge in [0.05, 0.1) is 35.6 Å². The minimum atomic E-state index is -2.94. The number of aliphatic hydroxyl groups excluding tert-OH is 1. The van der Waals surface area contributed by atoms with Gasteiger partial charge < -0.3 is 43.6 Å². The van der Waals surface area contributed by atoms with Crippen molar-refractivity contribution in [1.82, 2.24) is 5.32 Å². The van der Waals surface area contributed by atoms with E-state index in [9.17, 15) is 29.4 Å². The molecule has 3 aliphatic carbocycles. The predicted octanol–water partition coefficient (Wildman–Crippen LogP) is 7.37. The zero-order chi connectivity index (χ0) is 51.5. The summed E-state index contributed by atoms with van der Waals surface area (Å²) in [5, 5.41) is 28.9. The van der Waals surface area contributed by atoms with Crippen LogP contribution in [0.3, 0.4) is 0 Å². The van der Waals surface area contributed by atoms with E-state index in [-0.39, 0.29) is 29.7 Å². The van der Waals surface area contributed by atoms with Crippen LogP contribution in [0.25, 0.3) is 0 Å². The SMILES string of the molecule is CC(=O)O[C@H]1C(=O)[C@@]2(C)[C@H]([C@H](OC(=O)c3ccccc3)[C@]3(O)C[C@H](OC(=O)[C@H](O[Si](C)(C)C(C)(C)C)[C@@H](NC(=O)c4ccccc4)c4cccc(I)c4)C(C)=C1C3(C)C)[C@]1(OC(C)=O)CO[C@@H]1C[C@@H]2O. The van der Waals surface area contributed by atoms with E-state index in [1.54, 1.807) is 81.4 Å². The molecule has 70 heavy (non-hydrogen) atoms. The van der Waals surface area contributed by atoms with Crippen molar-refractivity contribution in [3.05, 3.63) is 116 Å². The molecule has 1 heterocycles. The van der Waals surface area contributed by atoms with Gasteiger partial charge in [-0.3, -0.25) is 19.2 Å². The lowest BCUT2D eigenvalue weighted by Crippen LogP contribution is -2.82. The van der Waals surface area contributed by atoms with Crippen molar-refractivity contribution < 1.29 is 67.1 Å². The van der Waals surface area contributed by atoms with Gasteiger partial charge in [-0.15, -0.1) is 0 Å². The second-order valence-electron chi connectivity index (χ2n) is 21.4. The number of carbonyl (C=O) groups excluding carboxylic acids is 6. The molecule has 1 amide bonds. The first-order chi connectivity index (χ1) is 32.6. The molecule has 4 aliphatic rings. The summed E-state index contributed by atoms with van der Waals surface area (Å²) >= 11 is 2.15. The predicted molar refractivity (Wildman–Crippen MR) is 266 cm³/mol. The molecule has 376 valence electrons. The largest absolute Gasteiger partial charge is 0.456 e. The van der Waals surface area contributed by atoms with Crippen LogP contribution >= 0.6 is 22.6 Å². The average molecular weight is 1090 g/mol. The Bertz CT molecular complexity index is 2580. The van der Waals surface area contributed by atoms with Crippen molar-refractivity contribution in [3.63, 3.8) is 0 Å². The maximum Gasteiger partial charge on any atom is 0.338 e. The molecule has 3 fully saturated rings. The zero-order valence-electron chi connectivity index (χ0n) is 41.5. The lowest BCUT2D eigenvalue weighted by atomic mass is 9.44. The molecule has 0 spiro atoms. The van der Waals surface area contributed by atoms with E-state index >= 15 is 9.59 Å². The monoisotopic (exact) mass is 1090 g/mol. The summed E-state index contributed by atoms with van der Waals surface area (Å²) in [6, 6.07) is 22.6. The molecule has 0 radical (unpaired) electrons. The van der Waals surface area contributed by atoms with E-state index in [1.165, 1.54) is 26.0 Å². The molecule has 11 atom stereocenters. The zero-order valence-corrected chi connectivity index (χ0v) is 44.7. The van der Waals surface area contributed by atoms with Crippen LogP contribution in [-0.2, 0) is 47.3 Å². The maximum atomic E-state index is 15.8. The second kappa shape index (κ2) is 19.3. The molecule has 3 N–H and O–H groups in total. The first-order valence-corrected chi connectivity index (χ1v) is 27.5. The number of Topliss-reactive ketones (excluding diaryl/α,β-unsaturated/α-hetero) is 1. The highest BCUT2D eigenvalue weighted by Crippen LogP contribution is 2.64. The van der Waals surface area contributed by atoms with Crippen molar-refractivity contribution in [2.75, 3.05) is 6.61 Å². The smallest absolute Gasteiger partial charge is 0.338 e. The molecule has 2 bridgehead atoms. The molecule has 7 rings (SSSR count). The van der Waals surface area contributed by atoms with Crippen molar-refractivity contribution >= 4 is 66.5 Å². The van der Waals surface area contributed by atoms with Gasteiger partial charge in [-0.1, -0.05) is 83.1 Å². The molecule has 3 aromatic carbocycles. The summed E-state index contributed by atoms with van der Waals surface area (Å²) in [5.41, 5.74) is -6.59. The second-order valence-corrected chi connectivity index (χ2v) is 27.4. The van der Waals surface area contributed by atoms with Crippen LogP contribution in [0.4, 0.5) is 0 Å². The van der Waals surface area contributed by atoms with Crippen LogP contribution in [0.1, 0.15) is 107 Å². The number of nitrogens with one attached hydrogen (secondary N) is 1. The van der Waals surface area contributed by atoms with Gasteiger partial charge in [-0.25, -0.2) is 9.59 Å². The summed E-state index contributed by atoms with van der Waals surface area (Å²) in [6.45, 7) is 18.2. The van der Waals surface area contributed by atoms with E-state index in [0.717, 1.165) is 10.5 Å². The van der Waals surface area contributed by atoms with Gasteiger partial charge in [-0.05, 0) is 108 Å². The Morgan fingerprint density at radius 3 is 2.03 bits per heavy atom. The highest BCUT2D eigenvalue weighted by molar-refractivity contribution is 14.1. The van der Waals surface area contributed by atoms with E-state index in [0.29, 0.717) is 11.1 Å². The number of hydrogen-bond acceptors (Lipinski definition) is 14. The summed E-state index contributed by atoms with van der Waals surface area (Å²) in [7, 11) is -2.94. The quantitative estimate of drug-likeness (QED) is 0.0532. The van der Waals surface area contributed by atoms with E-state index < -0.39 is 126 Å². The number of ether oxygens (including phenoxy) is 5. The molecule has 15 nitrogen and oxygen atoms in total. The normalized spacial score (nSPS) is 30.1. The minimum absolute atomic E-state index is 0.0498. The van der Waals surface area contributed by atoms with Crippen LogP contribution in [0.2, 0.25) is 18.1 Å². The fourth-order valence-electron chi connectivity index (χ4n) is 10.8. The molecular weight excluding hydrogens is 1030 g/mol. The molecular formula is C53H64INO14Si. The van der Waals surface area contributed by atoms with Gasteiger partial charge in [-0.2, -0.15) is 0 Å². The van der Waals surface area contributed by atoms with Gasteiger partial charge in [0.15, 0.2) is 31.9 Å². The number of esters is 4. The van der Waals surface area contributed by atoms with E-state index in [1.807, 2.05) is 46.0 Å². The minimum Gasteiger partial charge on any atom is -0.456 e. The lowest BCUT2D eigenvalue weighted by Gasteiger charge is -2.67. The topological polar surface area (TPSA) is 210 Å². The summed E-state index contributed by atoms with van der Waals surface area (Å²) < 4.78 is 39.1. The summed E-state index contributed by atoms with van der Waals surface area (Å²) in [4.78, 5) is 86.4. The third-order valence-corrected chi connectivity index (χ3v) is 20.9. The van der Waals surface area contributed by atoms with Gasteiger partial charge in [0.25, 0.3) is 5.91 Å². The number of ketones is 1. The number of aliphatic hydroxyl groups is 2. The standard InChI is InChI=1S/C53H64INO14Si/c1-29-36(66-48(62)42(69-70(10,11)49(4,5)6)40(34-23-18-24-35(54)25-34)55-46(60)32-19-14-12-15-20-32)27-53(63)45(67-47(61)33-21-16-13-17-22-33)43-51(9,37(58)26-38-52(43,28-64-38)68-31(3)57)44(59)41(65-30(2)56)39(29)50(53,7)8/h12-25,36-38,40-43,45,58,63H,26-28H2,1-11H3,(H,55,60)/t36-,37-,38+,40-,41+,42+,43-,45-,51+,52-,53+/m0/s1. The summed E-state index contributed by atoms with van der Waals surface area (Å²) in [6.07, 6.45) is -9.82. The van der Waals surface area contributed by atoms with Gasteiger partial charge in [0.1, 0.15) is 23.9 Å².